The lowest BCUT2D eigenvalue weighted by atomic mass is 9.85. The van der Waals surface area contributed by atoms with Crippen LogP contribution >= 0.6 is 0 Å². The molecule has 2 aromatic heterocycles. The van der Waals surface area contributed by atoms with E-state index < -0.39 is 12.2 Å². The lowest BCUT2D eigenvalue weighted by Crippen LogP contribution is -2.19. The SMILES string of the molecule is CC(C)C1Cc2cc(CC(C)C3Cc4cnncc4C3O)cnc2C1O. The molecule has 0 aromatic carbocycles. The number of aliphatic hydroxyl groups is 2. The van der Waals surface area contributed by atoms with Crippen molar-refractivity contribution in [2.75, 3.05) is 0 Å². The number of rotatable bonds is 4. The van der Waals surface area contributed by atoms with Crippen molar-refractivity contribution in [2.45, 2.75) is 52.2 Å². The fourth-order valence-corrected chi connectivity index (χ4v) is 4.71. The van der Waals surface area contributed by atoms with Gasteiger partial charge in [0, 0.05) is 11.8 Å². The predicted octanol–water partition coefficient (Wildman–Crippen LogP) is 2.82. The maximum Gasteiger partial charge on any atom is 0.0996 e. The minimum atomic E-state index is -0.468. The van der Waals surface area contributed by atoms with Crippen LogP contribution < -0.4 is 0 Å². The molecule has 2 aromatic rings. The predicted molar refractivity (Wildman–Crippen MR) is 98.3 cm³/mol. The molecular formula is C21H27N3O2. The number of aromatic nitrogens is 3. The zero-order chi connectivity index (χ0) is 18.4. The van der Waals surface area contributed by atoms with E-state index in [1.165, 1.54) is 11.1 Å². The summed E-state index contributed by atoms with van der Waals surface area (Å²) >= 11 is 0. The smallest absolute Gasteiger partial charge is 0.0996 e. The molecule has 0 saturated carbocycles. The van der Waals surface area contributed by atoms with Gasteiger partial charge in [-0.05, 0) is 59.6 Å². The van der Waals surface area contributed by atoms with Gasteiger partial charge >= 0.3 is 0 Å². The van der Waals surface area contributed by atoms with Crippen molar-refractivity contribution in [3.8, 4) is 0 Å². The summed E-state index contributed by atoms with van der Waals surface area (Å²) in [6.45, 7) is 6.51. The van der Waals surface area contributed by atoms with Crippen molar-refractivity contribution in [2.24, 2.45) is 23.7 Å². The van der Waals surface area contributed by atoms with E-state index in [2.05, 4.69) is 42.0 Å². The van der Waals surface area contributed by atoms with E-state index in [0.717, 1.165) is 36.1 Å². The molecule has 0 radical (unpaired) electrons. The van der Waals surface area contributed by atoms with E-state index in [4.69, 9.17) is 0 Å². The van der Waals surface area contributed by atoms with Crippen LogP contribution in [0, 0.1) is 23.7 Å². The fraction of sp³-hybridized carbons (Fsp3) is 0.571. The molecule has 0 aliphatic heterocycles. The molecule has 0 saturated heterocycles. The van der Waals surface area contributed by atoms with Gasteiger partial charge in [0.2, 0.25) is 0 Å². The van der Waals surface area contributed by atoms with Gasteiger partial charge in [-0.25, -0.2) is 0 Å². The Hall–Kier alpha value is -1.85. The maximum absolute atomic E-state index is 10.7. The summed E-state index contributed by atoms with van der Waals surface area (Å²) in [7, 11) is 0. The Kier molecular flexibility index (Phi) is 4.53. The summed E-state index contributed by atoms with van der Waals surface area (Å²) in [5, 5.41) is 29.0. The van der Waals surface area contributed by atoms with E-state index in [9.17, 15) is 10.2 Å². The Bertz CT molecular complexity index is 808. The quantitative estimate of drug-likeness (QED) is 0.884. The second-order valence-electron chi connectivity index (χ2n) is 8.41. The molecule has 0 bridgehead atoms. The first-order valence-corrected chi connectivity index (χ1v) is 9.59. The van der Waals surface area contributed by atoms with E-state index in [0.29, 0.717) is 11.8 Å². The maximum atomic E-state index is 10.7. The van der Waals surface area contributed by atoms with Gasteiger partial charge < -0.3 is 10.2 Å². The van der Waals surface area contributed by atoms with Gasteiger partial charge in [0.05, 0.1) is 30.3 Å². The van der Waals surface area contributed by atoms with Crippen molar-refractivity contribution < 1.29 is 10.2 Å². The highest BCUT2D eigenvalue weighted by molar-refractivity contribution is 5.33. The number of aliphatic hydroxyl groups excluding tert-OH is 2. The van der Waals surface area contributed by atoms with Crippen LogP contribution in [0.2, 0.25) is 0 Å². The van der Waals surface area contributed by atoms with Crippen LogP contribution in [0.25, 0.3) is 0 Å². The molecule has 2 N–H and O–H groups in total. The average Bonchev–Trinajstić information content (AvgIpc) is 3.13. The molecule has 5 atom stereocenters. The van der Waals surface area contributed by atoms with Gasteiger partial charge in [-0.3, -0.25) is 4.98 Å². The number of pyridine rings is 1. The van der Waals surface area contributed by atoms with Crippen molar-refractivity contribution in [3.05, 3.63) is 52.6 Å². The summed E-state index contributed by atoms with van der Waals surface area (Å²) in [4.78, 5) is 4.58. The third-order valence-electron chi connectivity index (χ3n) is 6.37. The van der Waals surface area contributed by atoms with Crippen molar-refractivity contribution in [3.63, 3.8) is 0 Å². The number of nitrogens with zero attached hydrogens (tertiary/aromatic N) is 3. The molecule has 2 aliphatic rings. The molecule has 5 nitrogen and oxygen atoms in total. The molecule has 0 fully saturated rings. The molecular weight excluding hydrogens is 326 g/mol. The zero-order valence-corrected chi connectivity index (χ0v) is 15.6. The van der Waals surface area contributed by atoms with Crippen LogP contribution in [-0.2, 0) is 19.3 Å². The van der Waals surface area contributed by atoms with Gasteiger partial charge in [-0.2, -0.15) is 10.2 Å². The standard InChI is InChI=1S/C21H27N3O2/c1-11(2)16-6-14-5-13(8-22-19(14)21(16)26)4-12(3)17-7-15-9-23-24-10-18(15)20(17)25/h5,8-12,16-17,20-21,25-26H,4,6-7H2,1-3H3. The normalized spacial score (nSPS) is 28.2. The monoisotopic (exact) mass is 353 g/mol. The summed E-state index contributed by atoms with van der Waals surface area (Å²) in [6, 6.07) is 2.21. The highest BCUT2D eigenvalue weighted by atomic mass is 16.3. The molecule has 5 heteroatoms. The highest BCUT2D eigenvalue weighted by Crippen LogP contribution is 2.42. The van der Waals surface area contributed by atoms with Crippen molar-refractivity contribution in [1.82, 2.24) is 15.2 Å². The lowest BCUT2D eigenvalue weighted by molar-refractivity contribution is 0.0914. The third kappa shape index (κ3) is 2.93. The van der Waals surface area contributed by atoms with Gasteiger partial charge in [-0.1, -0.05) is 26.8 Å². The number of hydrogen-bond acceptors (Lipinski definition) is 5. The minimum Gasteiger partial charge on any atom is -0.388 e. The van der Waals surface area contributed by atoms with Gasteiger partial charge in [-0.15, -0.1) is 0 Å². The Morgan fingerprint density at radius 2 is 1.69 bits per heavy atom. The first kappa shape index (κ1) is 17.6. The largest absolute Gasteiger partial charge is 0.388 e. The second kappa shape index (κ2) is 6.71. The second-order valence-corrected chi connectivity index (χ2v) is 8.41. The van der Waals surface area contributed by atoms with Crippen LogP contribution in [0.5, 0.6) is 0 Å². The summed E-state index contributed by atoms with van der Waals surface area (Å²) < 4.78 is 0. The summed E-state index contributed by atoms with van der Waals surface area (Å²) in [5.74, 6) is 1.20. The molecule has 26 heavy (non-hydrogen) atoms. The molecule has 4 rings (SSSR count). The number of hydrogen-bond donors (Lipinski definition) is 2. The molecule has 2 heterocycles. The third-order valence-corrected chi connectivity index (χ3v) is 6.37. The van der Waals surface area contributed by atoms with E-state index in [1.807, 2.05) is 6.20 Å². The van der Waals surface area contributed by atoms with Gasteiger partial charge in [0.1, 0.15) is 0 Å². The van der Waals surface area contributed by atoms with E-state index in [1.54, 1.807) is 12.4 Å². The zero-order valence-electron chi connectivity index (χ0n) is 15.6. The average molecular weight is 353 g/mol. The van der Waals surface area contributed by atoms with Gasteiger partial charge in [0.15, 0.2) is 0 Å². The van der Waals surface area contributed by atoms with E-state index >= 15 is 0 Å². The first-order chi connectivity index (χ1) is 12.5. The Morgan fingerprint density at radius 1 is 0.962 bits per heavy atom. The van der Waals surface area contributed by atoms with Crippen molar-refractivity contribution in [1.29, 1.82) is 0 Å². The van der Waals surface area contributed by atoms with Crippen LogP contribution in [0.15, 0.2) is 24.7 Å². The van der Waals surface area contributed by atoms with Crippen LogP contribution in [0.4, 0.5) is 0 Å². The molecule has 5 unspecified atom stereocenters. The van der Waals surface area contributed by atoms with E-state index in [-0.39, 0.29) is 11.8 Å². The summed E-state index contributed by atoms with van der Waals surface area (Å²) in [6.07, 6.45) is 7.08. The Morgan fingerprint density at radius 3 is 2.42 bits per heavy atom. The van der Waals surface area contributed by atoms with Crippen molar-refractivity contribution >= 4 is 0 Å². The minimum absolute atomic E-state index is 0.179. The Balaban J connectivity index is 1.49. The van der Waals surface area contributed by atoms with Crippen LogP contribution in [0.1, 0.15) is 60.9 Å². The van der Waals surface area contributed by atoms with Crippen LogP contribution in [-0.4, -0.2) is 25.4 Å². The number of fused-ring (bicyclic) bond motifs is 2. The topological polar surface area (TPSA) is 79.1 Å². The van der Waals surface area contributed by atoms with Gasteiger partial charge in [0.25, 0.3) is 0 Å². The molecule has 0 spiro atoms. The lowest BCUT2D eigenvalue weighted by Gasteiger charge is -2.23. The summed E-state index contributed by atoms with van der Waals surface area (Å²) in [5.41, 5.74) is 5.26. The Labute approximate surface area is 154 Å². The highest BCUT2D eigenvalue weighted by Gasteiger charge is 2.36. The fourth-order valence-electron chi connectivity index (χ4n) is 4.71. The molecule has 2 aliphatic carbocycles. The first-order valence-electron chi connectivity index (χ1n) is 9.59. The molecule has 0 amide bonds. The van der Waals surface area contributed by atoms with Crippen LogP contribution in [0.3, 0.4) is 0 Å². The molecule has 138 valence electrons.